The van der Waals surface area contributed by atoms with Crippen molar-refractivity contribution in [2.24, 2.45) is 5.92 Å². The number of carbonyl (C=O) groups excluding carboxylic acids is 1. The molecule has 1 fully saturated rings. The number of hydrogen-bond donors (Lipinski definition) is 1. The zero-order chi connectivity index (χ0) is 13.5. The van der Waals surface area contributed by atoms with Gasteiger partial charge in [-0.05, 0) is 19.9 Å². The number of hydroxylamine groups is 2. The van der Waals surface area contributed by atoms with E-state index in [1.165, 1.54) is 0 Å². The van der Waals surface area contributed by atoms with Crippen LogP contribution in [-0.4, -0.2) is 47.5 Å². The minimum absolute atomic E-state index is 0. The topological polar surface area (TPSA) is 83.9 Å². The van der Waals surface area contributed by atoms with Gasteiger partial charge < -0.3 is 4.89 Å². The third-order valence-electron chi connectivity index (χ3n) is 3.25. The molecule has 0 aromatic carbocycles. The van der Waals surface area contributed by atoms with Gasteiger partial charge >= 0.3 is 37.6 Å². The molecular formula is C11H21N2NaO4P+. The molecule has 1 aliphatic carbocycles. The van der Waals surface area contributed by atoms with Gasteiger partial charge in [0.05, 0.1) is 0 Å². The molecule has 8 heteroatoms. The van der Waals surface area contributed by atoms with Crippen molar-refractivity contribution in [2.45, 2.75) is 32.1 Å². The van der Waals surface area contributed by atoms with E-state index in [9.17, 15) is 19.5 Å². The van der Waals surface area contributed by atoms with Crippen LogP contribution >= 0.6 is 8.03 Å². The summed E-state index contributed by atoms with van der Waals surface area (Å²) in [5, 5.41) is 10.4. The molecule has 0 aliphatic heterocycles. The summed E-state index contributed by atoms with van der Waals surface area (Å²) in [5.41, 5.74) is 0. The molecule has 1 saturated carbocycles. The molecule has 1 atom stereocenters. The maximum Gasteiger partial charge on any atom is 1.00 e. The Kier molecular flexibility index (Phi) is 10.5. The third-order valence-corrected chi connectivity index (χ3v) is 3.81. The molecule has 1 aliphatic rings. The van der Waals surface area contributed by atoms with Gasteiger partial charge in [-0.1, -0.05) is 23.8 Å². The zero-order valence-electron chi connectivity index (χ0n) is 11.7. The summed E-state index contributed by atoms with van der Waals surface area (Å²) in [4.78, 5) is 24.0. The Balaban J connectivity index is 0.00000324. The third kappa shape index (κ3) is 7.71. The molecule has 104 valence electrons. The van der Waals surface area contributed by atoms with Crippen LogP contribution in [0, 0.1) is 5.92 Å². The van der Waals surface area contributed by atoms with Crippen molar-refractivity contribution in [3.05, 3.63) is 0 Å². The molecule has 0 aromatic rings. The van der Waals surface area contributed by atoms with E-state index in [-0.39, 0.29) is 54.2 Å². The summed E-state index contributed by atoms with van der Waals surface area (Å²) in [7, 11) is -0.735. The summed E-state index contributed by atoms with van der Waals surface area (Å²) in [5.74, 6) is -0.318. The van der Waals surface area contributed by atoms with Crippen LogP contribution in [0.2, 0.25) is 0 Å². The molecule has 1 rings (SSSR count). The molecule has 0 spiro atoms. The summed E-state index contributed by atoms with van der Waals surface area (Å²) < 4.78 is 10.4. The fourth-order valence-electron chi connectivity index (χ4n) is 2.18. The average molecular weight is 299 g/mol. The van der Waals surface area contributed by atoms with Crippen LogP contribution < -0.4 is 34.5 Å². The molecule has 0 bridgehead atoms. The molecule has 0 saturated heterocycles. The van der Waals surface area contributed by atoms with E-state index in [1.807, 2.05) is 0 Å². The van der Waals surface area contributed by atoms with Gasteiger partial charge in [0.2, 0.25) is 5.91 Å². The second-order valence-corrected chi connectivity index (χ2v) is 5.96. The normalized spacial score (nSPS) is 16.9. The van der Waals surface area contributed by atoms with E-state index < -0.39 is 8.03 Å². The first-order valence-corrected chi connectivity index (χ1v) is 7.67. The molecule has 0 radical (unpaired) electrons. The van der Waals surface area contributed by atoms with Gasteiger partial charge in [-0.3, -0.25) is 14.9 Å². The summed E-state index contributed by atoms with van der Waals surface area (Å²) in [6, 6.07) is 0. The molecular weight excluding hydrogens is 278 g/mol. The molecule has 1 N–H and O–H groups in total. The van der Waals surface area contributed by atoms with Crippen molar-refractivity contribution in [3.63, 3.8) is 0 Å². The first-order chi connectivity index (χ1) is 8.50. The molecule has 19 heavy (non-hydrogen) atoms. The van der Waals surface area contributed by atoms with Crippen LogP contribution in [0.15, 0.2) is 0 Å². The van der Waals surface area contributed by atoms with E-state index in [0.29, 0.717) is 11.6 Å². The minimum Gasteiger partial charge on any atom is -0.596 e. The SMILES string of the molecule is CN(CC[P+](=O)[O-])CN(O)C(=O)C1CCCCC1.[Na+]. The Hall–Kier alpha value is 0.450. The van der Waals surface area contributed by atoms with Crippen molar-refractivity contribution >= 4 is 13.9 Å². The van der Waals surface area contributed by atoms with E-state index in [4.69, 9.17) is 0 Å². The number of hydrogen-bond acceptors (Lipinski definition) is 5. The molecule has 0 aromatic heterocycles. The summed E-state index contributed by atoms with van der Waals surface area (Å²) >= 11 is 0. The Morgan fingerprint density at radius 3 is 2.47 bits per heavy atom. The first-order valence-electron chi connectivity index (χ1n) is 6.31. The summed E-state index contributed by atoms with van der Waals surface area (Å²) in [6.07, 6.45) is 4.95. The second-order valence-electron chi connectivity index (χ2n) is 4.85. The number of amides is 1. The van der Waals surface area contributed by atoms with Gasteiger partial charge in [0.1, 0.15) is 6.67 Å². The number of carbonyl (C=O) groups is 1. The van der Waals surface area contributed by atoms with Crippen LogP contribution in [0.3, 0.4) is 0 Å². The Bertz CT molecular complexity index is 300. The van der Waals surface area contributed by atoms with Gasteiger partial charge in [0.15, 0.2) is 6.16 Å². The minimum atomic E-state index is -2.41. The van der Waals surface area contributed by atoms with Crippen LogP contribution in [0.4, 0.5) is 0 Å². The Morgan fingerprint density at radius 1 is 1.37 bits per heavy atom. The van der Waals surface area contributed by atoms with Gasteiger partial charge in [0.25, 0.3) is 0 Å². The molecule has 1 amide bonds. The maximum absolute atomic E-state index is 11.9. The van der Waals surface area contributed by atoms with Crippen molar-refractivity contribution < 1.29 is 49.0 Å². The molecule has 1 unspecified atom stereocenters. The van der Waals surface area contributed by atoms with E-state index >= 15 is 0 Å². The van der Waals surface area contributed by atoms with Crippen LogP contribution in [0.5, 0.6) is 0 Å². The fraction of sp³-hybridized carbons (Fsp3) is 0.909. The van der Waals surface area contributed by atoms with Crippen molar-refractivity contribution in [1.82, 2.24) is 9.96 Å². The van der Waals surface area contributed by atoms with Crippen LogP contribution in [-0.2, 0) is 9.36 Å². The molecule has 6 nitrogen and oxygen atoms in total. The molecule has 0 heterocycles. The average Bonchev–Trinajstić information content (AvgIpc) is 2.36. The quantitative estimate of drug-likeness (QED) is 0.197. The van der Waals surface area contributed by atoms with Gasteiger partial charge in [0, 0.05) is 12.5 Å². The standard InChI is InChI=1S/C11H21N2O4P.Na/c1-12(7-8-18(16)17)9-13(15)11(14)10-5-3-2-4-6-10;/h10,15H,2-9H2,1H3;/q;+1. The van der Waals surface area contributed by atoms with Crippen molar-refractivity contribution in [3.8, 4) is 0 Å². The van der Waals surface area contributed by atoms with Gasteiger partial charge in [-0.2, -0.15) is 0 Å². The number of nitrogens with zero attached hydrogens (tertiary/aromatic N) is 2. The van der Waals surface area contributed by atoms with Crippen LogP contribution in [0.25, 0.3) is 0 Å². The predicted octanol–water partition coefficient (Wildman–Crippen LogP) is -2.22. The smallest absolute Gasteiger partial charge is 0.596 e. The van der Waals surface area contributed by atoms with E-state index in [2.05, 4.69) is 0 Å². The van der Waals surface area contributed by atoms with E-state index in [1.54, 1.807) is 11.9 Å². The number of rotatable bonds is 6. The predicted molar refractivity (Wildman–Crippen MR) is 65.2 cm³/mol. The monoisotopic (exact) mass is 299 g/mol. The van der Waals surface area contributed by atoms with Gasteiger partial charge in [-0.15, -0.1) is 0 Å². The first kappa shape index (κ1) is 19.4. The van der Waals surface area contributed by atoms with Crippen LogP contribution in [0.1, 0.15) is 32.1 Å². The largest absolute Gasteiger partial charge is 1.00 e. The van der Waals surface area contributed by atoms with Crippen molar-refractivity contribution in [1.29, 1.82) is 0 Å². The zero-order valence-corrected chi connectivity index (χ0v) is 14.6. The second kappa shape index (κ2) is 10.2. The maximum atomic E-state index is 11.9. The van der Waals surface area contributed by atoms with Gasteiger partial charge in [-0.25, -0.2) is 5.06 Å². The van der Waals surface area contributed by atoms with E-state index in [0.717, 1.165) is 32.1 Å². The Morgan fingerprint density at radius 2 is 1.95 bits per heavy atom. The Labute approximate surface area is 137 Å². The fourth-order valence-corrected chi connectivity index (χ4v) is 2.69. The summed E-state index contributed by atoms with van der Waals surface area (Å²) in [6.45, 7) is 0.367. The van der Waals surface area contributed by atoms with Crippen molar-refractivity contribution in [2.75, 3.05) is 26.4 Å².